The summed E-state index contributed by atoms with van der Waals surface area (Å²) in [5.74, 6) is -2.15. The molecule has 5 atom stereocenters. The summed E-state index contributed by atoms with van der Waals surface area (Å²) >= 11 is 0. The second-order valence-corrected chi connectivity index (χ2v) is 4.09. The van der Waals surface area contributed by atoms with Gasteiger partial charge in [-0.3, -0.25) is 9.59 Å². The van der Waals surface area contributed by atoms with Gasteiger partial charge < -0.3 is 41.1 Å². The lowest BCUT2D eigenvalue weighted by atomic mass is 9.98. The first-order valence-electron chi connectivity index (χ1n) is 5.70. The van der Waals surface area contributed by atoms with E-state index in [9.17, 15) is 19.8 Å². The zero-order chi connectivity index (χ0) is 15.9. The predicted octanol–water partition coefficient (Wildman–Crippen LogP) is -3.32. The van der Waals surface area contributed by atoms with Crippen molar-refractivity contribution in [1.29, 1.82) is 0 Å². The Balaban J connectivity index is 0.000000396. The van der Waals surface area contributed by atoms with Crippen molar-refractivity contribution in [3.63, 3.8) is 0 Å². The maximum Gasteiger partial charge on any atom is 0.303 e. The van der Waals surface area contributed by atoms with Gasteiger partial charge in [0, 0.05) is 0 Å². The number of carbonyl (C=O) groups is 2. The molecule has 1 fully saturated rings. The van der Waals surface area contributed by atoms with E-state index in [0.717, 1.165) is 0 Å². The number of hydrogen-bond donors (Lipinski definition) is 7. The minimum Gasteiger partial charge on any atom is -0.481 e. The van der Waals surface area contributed by atoms with E-state index in [0.29, 0.717) is 0 Å². The molecule has 0 unspecified atom stereocenters. The number of carboxylic acid groups (broad SMARTS) is 2. The topological polar surface area (TPSA) is 191 Å². The van der Waals surface area contributed by atoms with Gasteiger partial charge >= 0.3 is 11.9 Å². The van der Waals surface area contributed by atoms with Gasteiger partial charge in [-0.1, -0.05) is 0 Å². The number of aliphatic carboxylic acids is 2. The van der Waals surface area contributed by atoms with Crippen LogP contribution in [-0.2, 0) is 14.3 Å². The lowest BCUT2D eigenvalue weighted by molar-refractivity contribution is -0.248. The van der Waals surface area contributed by atoms with Crippen molar-refractivity contribution in [2.24, 2.45) is 5.73 Å². The number of hydrogen-bond acceptors (Lipinski definition) is 8. The van der Waals surface area contributed by atoms with Crippen molar-refractivity contribution in [2.75, 3.05) is 6.61 Å². The SMILES string of the molecule is N[C@@H]1[C@@H](O)[C@H](O)[C@@H](CO)O[C@H]1O.O=C(O)CCC(=O)O. The first kappa shape index (κ1) is 18.7. The fraction of sp³-hybridized carbons (Fsp3) is 0.800. The van der Waals surface area contributed by atoms with Crippen LogP contribution in [0.2, 0.25) is 0 Å². The maximum absolute atomic E-state index is 9.64. The summed E-state index contributed by atoms with van der Waals surface area (Å²) in [5, 5.41) is 51.9. The molecule has 10 nitrogen and oxygen atoms in total. The number of carboxylic acids is 2. The second-order valence-electron chi connectivity index (χ2n) is 4.09. The van der Waals surface area contributed by atoms with E-state index >= 15 is 0 Å². The highest BCUT2D eigenvalue weighted by molar-refractivity contribution is 5.75. The summed E-state index contributed by atoms with van der Waals surface area (Å²) in [6.45, 7) is -0.470. The van der Waals surface area contributed by atoms with Gasteiger partial charge in [0.2, 0.25) is 0 Å². The molecule has 0 radical (unpaired) electrons. The second kappa shape index (κ2) is 8.79. The third-order valence-electron chi connectivity index (χ3n) is 2.50. The first-order chi connectivity index (χ1) is 9.20. The highest BCUT2D eigenvalue weighted by atomic mass is 16.6. The molecule has 0 aromatic carbocycles. The van der Waals surface area contributed by atoms with Crippen LogP contribution in [0.15, 0.2) is 0 Å². The van der Waals surface area contributed by atoms with Crippen molar-refractivity contribution < 1.29 is 45.0 Å². The number of aliphatic hydroxyl groups is 4. The zero-order valence-electron chi connectivity index (χ0n) is 10.5. The Kier molecular flexibility index (Phi) is 8.22. The number of ether oxygens (including phenoxy) is 1. The summed E-state index contributed by atoms with van der Waals surface area (Å²) in [7, 11) is 0. The van der Waals surface area contributed by atoms with Crippen LogP contribution in [0.1, 0.15) is 12.8 Å². The first-order valence-corrected chi connectivity index (χ1v) is 5.70. The average molecular weight is 297 g/mol. The van der Waals surface area contributed by atoms with E-state index in [1.54, 1.807) is 0 Å². The van der Waals surface area contributed by atoms with Crippen LogP contribution in [0.25, 0.3) is 0 Å². The molecule has 0 amide bonds. The van der Waals surface area contributed by atoms with Gasteiger partial charge in [0.05, 0.1) is 25.5 Å². The molecule has 118 valence electrons. The highest BCUT2D eigenvalue weighted by Crippen LogP contribution is 2.17. The van der Waals surface area contributed by atoms with E-state index in [1.165, 1.54) is 0 Å². The molecule has 0 spiro atoms. The molecule has 0 aliphatic carbocycles. The molecule has 20 heavy (non-hydrogen) atoms. The van der Waals surface area contributed by atoms with Crippen LogP contribution in [0, 0.1) is 0 Å². The normalized spacial score (nSPS) is 33.0. The van der Waals surface area contributed by atoms with Crippen molar-refractivity contribution in [3.8, 4) is 0 Å². The van der Waals surface area contributed by atoms with Crippen LogP contribution in [0.5, 0.6) is 0 Å². The molecule has 0 aromatic rings. The average Bonchev–Trinajstić information content (AvgIpc) is 2.39. The van der Waals surface area contributed by atoms with Gasteiger partial charge in [-0.15, -0.1) is 0 Å². The molecule has 1 aliphatic rings. The summed E-state index contributed by atoms with van der Waals surface area (Å²) in [5.41, 5.74) is 5.26. The largest absolute Gasteiger partial charge is 0.481 e. The summed E-state index contributed by atoms with van der Waals surface area (Å²) < 4.78 is 4.70. The van der Waals surface area contributed by atoms with Crippen molar-refractivity contribution in [2.45, 2.75) is 43.5 Å². The zero-order valence-corrected chi connectivity index (χ0v) is 10.5. The molecule has 0 saturated carbocycles. The quantitative estimate of drug-likeness (QED) is 0.276. The molecular weight excluding hydrogens is 278 g/mol. The van der Waals surface area contributed by atoms with Crippen LogP contribution in [0.4, 0.5) is 0 Å². The van der Waals surface area contributed by atoms with Crippen LogP contribution >= 0.6 is 0 Å². The lowest BCUT2D eigenvalue weighted by Crippen LogP contribution is -2.61. The fourth-order valence-electron chi connectivity index (χ4n) is 1.33. The van der Waals surface area contributed by atoms with Gasteiger partial charge in [0.15, 0.2) is 6.29 Å². The molecule has 1 saturated heterocycles. The van der Waals surface area contributed by atoms with Crippen LogP contribution < -0.4 is 5.73 Å². The summed E-state index contributed by atoms with van der Waals surface area (Å²) in [6, 6.07) is -1.04. The molecule has 8 N–H and O–H groups in total. The molecular formula is C10H19NO9. The van der Waals surface area contributed by atoms with Crippen LogP contribution in [0.3, 0.4) is 0 Å². The molecule has 1 heterocycles. The van der Waals surface area contributed by atoms with E-state index in [2.05, 4.69) is 0 Å². The van der Waals surface area contributed by atoms with Gasteiger partial charge in [-0.2, -0.15) is 0 Å². The minimum absolute atomic E-state index is 0.296. The molecule has 1 aliphatic heterocycles. The molecule has 0 aromatic heterocycles. The molecule has 0 bridgehead atoms. The van der Waals surface area contributed by atoms with Gasteiger partial charge in [0.1, 0.15) is 18.3 Å². The van der Waals surface area contributed by atoms with E-state index in [-0.39, 0.29) is 12.8 Å². The van der Waals surface area contributed by atoms with E-state index in [1.807, 2.05) is 0 Å². The minimum atomic E-state index is -1.35. The Morgan fingerprint density at radius 1 is 1.00 bits per heavy atom. The van der Waals surface area contributed by atoms with E-state index < -0.39 is 49.2 Å². The number of nitrogens with two attached hydrogens (primary N) is 1. The Morgan fingerprint density at radius 2 is 1.45 bits per heavy atom. The van der Waals surface area contributed by atoms with Gasteiger partial charge in [-0.25, -0.2) is 0 Å². The van der Waals surface area contributed by atoms with Crippen molar-refractivity contribution in [3.05, 3.63) is 0 Å². The number of aliphatic hydroxyl groups excluding tert-OH is 4. The third kappa shape index (κ3) is 6.23. The van der Waals surface area contributed by atoms with Crippen molar-refractivity contribution in [1.82, 2.24) is 0 Å². The number of rotatable bonds is 4. The molecule has 10 heteroatoms. The highest BCUT2D eigenvalue weighted by Gasteiger charge is 2.41. The standard InChI is InChI=1S/C6H13NO5.C4H6O4/c7-3-5(10)4(9)2(1-8)12-6(3)11;5-3(6)1-2-4(7)8/h2-6,8-11H,1,7H2;1-2H2,(H,5,6)(H,7,8)/t2-,3-,4-,5-,6-;/m1./s1. The summed E-state index contributed by atoms with van der Waals surface area (Å²) in [4.78, 5) is 19.3. The smallest absolute Gasteiger partial charge is 0.303 e. The molecule has 1 rings (SSSR count). The van der Waals surface area contributed by atoms with Gasteiger partial charge in [0.25, 0.3) is 0 Å². The maximum atomic E-state index is 9.64. The summed E-state index contributed by atoms with van der Waals surface area (Å²) in [6.07, 6.45) is -5.44. The Labute approximate surface area is 114 Å². The third-order valence-corrected chi connectivity index (χ3v) is 2.50. The van der Waals surface area contributed by atoms with E-state index in [4.69, 9.17) is 30.9 Å². The van der Waals surface area contributed by atoms with Crippen LogP contribution in [-0.4, -0.2) is 79.8 Å². The Hall–Kier alpha value is -1.30. The Morgan fingerprint density at radius 3 is 1.80 bits per heavy atom. The fourth-order valence-corrected chi connectivity index (χ4v) is 1.33. The lowest BCUT2D eigenvalue weighted by Gasteiger charge is -2.38. The predicted molar refractivity (Wildman–Crippen MR) is 62.5 cm³/mol. The Bertz CT molecular complexity index is 305. The van der Waals surface area contributed by atoms with Crippen molar-refractivity contribution >= 4 is 11.9 Å². The van der Waals surface area contributed by atoms with Gasteiger partial charge in [-0.05, 0) is 0 Å². The monoisotopic (exact) mass is 297 g/mol.